The molecular weight excluding hydrogens is 252 g/mol. The summed E-state index contributed by atoms with van der Waals surface area (Å²) in [7, 11) is 0. The standard InChI is InChI=1S/C16H26N2S/c1-2-17-9-15-7-8-16(19-15)12-18(10-13-3-4-13)11-14-5-6-14/h7-8,13-14,17H,2-6,9-12H2,1H3. The Morgan fingerprint density at radius 1 is 1.11 bits per heavy atom. The molecule has 1 N–H and O–H groups in total. The van der Waals surface area contributed by atoms with Crippen LogP contribution < -0.4 is 5.32 Å². The summed E-state index contributed by atoms with van der Waals surface area (Å²) in [6.45, 7) is 8.13. The van der Waals surface area contributed by atoms with Crippen molar-refractivity contribution in [2.75, 3.05) is 19.6 Å². The lowest BCUT2D eigenvalue weighted by Gasteiger charge is -2.21. The average molecular weight is 278 g/mol. The Bertz CT molecular complexity index is 379. The normalized spacial score (nSPS) is 19.3. The molecule has 1 aromatic heterocycles. The van der Waals surface area contributed by atoms with Gasteiger partial charge in [-0.1, -0.05) is 6.92 Å². The fraction of sp³-hybridized carbons (Fsp3) is 0.750. The van der Waals surface area contributed by atoms with E-state index in [1.165, 1.54) is 50.2 Å². The molecule has 2 saturated carbocycles. The van der Waals surface area contributed by atoms with Gasteiger partial charge in [0.1, 0.15) is 0 Å². The number of hydrogen-bond acceptors (Lipinski definition) is 3. The molecule has 0 aromatic carbocycles. The van der Waals surface area contributed by atoms with Crippen LogP contribution in [0.5, 0.6) is 0 Å². The number of hydrogen-bond donors (Lipinski definition) is 1. The van der Waals surface area contributed by atoms with Crippen LogP contribution in [0.4, 0.5) is 0 Å². The lowest BCUT2D eigenvalue weighted by Crippen LogP contribution is -2.27. The maximum Gasteiger partial charge on any atom is 0.0328 e. The minimum Gasteiger partial charge on any atom is -0.312 e. The first kappa shape index (κ1) is 13.6. The van der Waals surface area contributed by atoms with E-state index in [0.29, 0.717) is 0 Å². The Labute approximate surface area is 121 Å². The largest absolute Gasteiger partial charge is 0.312 e. The van der Waals surface area contributed by atoms with Gasteiger partial charge in [0.2, 0.25) is 0 Å². The molecule has 3 heteroatoms. The molecule has 0 bridgehead atoms. The van der Waals surface area contributed by atoms with Gasteiger partial charge in [0.05, 0.1) is 0 Å². The third kappa shape index (κ3) is 4.59. The van der Waals surface area contributed by atoms with E-state index < -0.39 is 0 Å². The van der Waals surface area contributed by atoms with Crippen LogP contribution in [0.2, 0.25) is 0 Å². The Hall–Kier alpha value is -0.380. The maximum atomic E-state index is 3.41. The van der Waals surface area contributed by atoms with E-state index in [2.05, 4.69) is 29.3 Å². The highest BCUT2D eigenvalue weighted by Crippen LogP contribution is 2.34. The molecule has 19 heavy (non-hydrogen) atoms. The lowest BCUT2D eigenvalue weighted by molar-refractivity contribution is 0.246. The Kier molecular flexibility index (Phi) is 4.57. The van der Waals surface area contributed by atoms with E-state index in [1.54, 1.807) is 4.88 Å². The van der Waals surface area contributed by atoms with Crippen molar-refractivity contribution < 1.29 is 0 Å². The quantitative estimate of drug-likeness (QED) is 0.744. The first-order valence-corrected chi connectivity index (χ1v) is 8.65. The highest BCUT2D eigenvalue weighted by atomic mass is 32.1. The van der Waals surface area contributed by atoms with Gasteiger partial charge in [0, 0.05) is 35.9 Å². The summed E-state index contributed by atoms with van der Waals surface area (Å²) >= 11 is 1.99. The van der Waals surface area contributed by atoms with Crippen LogP contribution in [0, 0.1) is 11.8 Å². The zero-order valence-corrected chi connectivity index (χ0v) is 12.8. The second-order valence-corrected chi connectivity index (χ2v) is 7.48. The third-order valence-corrected chi connectivity index (χ3v) is 5.14. The van der Waals surface area contributed by atoms with Crippen LogP contribution in [-0.2, 0) is 13.1 Å². The van der Waals surface area contributed by atoms with Gasteiger partial charge in [0.15, 0.2) is 0 Å². The van der Waals surface area contributed by atoms with Gasteiger partial charge in [-0.2, -0.15) is 0 Å². The molecule has 0 amide bonds. The first-order valence-electron chi connectivity index (χ1n) is 7.84. The van der Waals surface area contributed by atoms with Crippen LogP contribution in [0.3, 0.4) is 0 Å². The molecule has 2 nitrogen and oxygen atoms in total. The molecule has 2 aliphatic rings. The highest BCUT2D eigenvalue weighted by molar-refractivity contribution is 7.11. The summed E-state index contributed by atoms with van der Waals surface area (Å²) in [4.78, 5) is 5.75. The molecule has 3 rings (SSSR count). The smallest absolute Gasteiger partial charge is 0.0328 e. The summed E-state index contributed by atoms with van der Waals surface area (Å²) in [6.07, 6.45) is 5.88. The molecule has 0 unspecified atom stereocenters. The zero-order chi connectivity index (χ0) is 13.1. The van der Waals surface area contributed by atoms with Crippen LogP contribution in [0.1, 0.15) is 42.4 Å². The molecule has 0 spiro atoms. The second kappa shape index (κ2) is 6.38. The molecular formula is C16H26N2S. The number of thiophene rings is 1. The molecule has 2 aliphatic carbocycles. The second-order valence-electron chi connectivity index (χ2n) is 6.23. The molecule has 0 radical (unpaired) electrons. The van der Waals surface area contributed by atoms with Crippen LogP contribution in [0.15, 0.2) is 12.1 Å². The fourth-order valence-corrected chi connectivity index (χ4v) is 3.64. The van der Waals surface area contributed by atoms with Crippen LogP contribution >= 0.6 is 11.3 Å². The minimum atomic E-state index is 1.01. The topological polar surface area (TPSA) is 15.3 Å². The van der Waals surface area contributed by atoms with Crippen molar-refractivity contribution >= 4 is 11.3 Å². The van der Waals surface area contributed by atoms with Gasteiger partial charge in [-0.3, -0.25) is 4.90 Å². The minimum absolute atomic E-state index is 1.01. The molecule has 0 saturated heterocycles. The van der Waals surface area contributed by atoms with Gasteiger partial charge in [-0.15, -0.1) is 11.3 Å². The van der Waals surface area contributed by atoms with Crippen molar-refractivity contribution in [1.82, 2.24) is 10.2 Å². The summed E-state index contributed by atoms with van der Waals surface area (Å²) in [5, 5.41) is 3.41. The molecule has 1 heterocycles. The van der Waals surface area contributed by atoms with E-state index in [0.717, 1.165) is 24.9 Å². The van der Waals surface area contributed by atoms with Crippen molar-refractivity contribution in [1.29, 1.82) is 0 Å². The van der Waals surface area contributed by atoms with Crippen molar-refractivity contribution in [2.24, 2.45) is 11.8 Å². The third-order valence-electron chi connectivity index (χ3n) is 4.07. The van der Waals surface area contributed by atoms with Gasteiger partial charge < -0.3 is 5.32 Å². The van der Waals surface area contributed by atoms with Gasteiger partial charge in [-0.25, -0.2) is 0 Å². The average Bonchev–Trinajstić information content (AvgIpc) is 3.31. The monoisotopic (exact) mass is 278 g/mol. The number of nitrogens with one attached hydrogen (secondary N) is 1. The van der Waals surface area contributed by atoms with Crippen molar-refractivity contribution in [3.8, 4) is 0 Å². The molecule has 106 valence electrons. The SMILES string of the molecule is CCNCc1ccc(CN(CC2CC2)CC2CC2)s1. The summed E-state index contributed by atoms with van der Waals surface area (Å²) in [6, 6.07) is 4.64. The zero-order valence-electron chi connectivity index (χ0n) is 12.0. The Morgan fingerprint density at radius 2 is 1.74 bits per heavy atom. The lowest BCUT2D eigenvalue weighted by atomic mass is 10.3. The van der Waals surface area contributed by atoms with E-state index in [4.69, 9.17) is 0 Å². The first-order chi connectivity index (χ1) is 9.33. The van der Waals surface area contributed by atoms with Crippen LogP contribution in [0.25, 0.3) is 0 Å². The van der Waals surface area contributed by atoms with E-state index in [1.807, 2.05) is 11.3 Å². The van der Waals surface area contributed by atoms with Crippen LogP contribution in [-0.4, -0.2) is 24.5 Å². The van der Waals surface area contributed by atoms with Gasteiger partial charge in [0.25, 0.3) is 0 Å². The fourth-order valence-electron chi connectivity index (χ4n) is 2.61. The Balaban J connectivity index is 1.51. The molecule has 0 aliphatic heterocycles. The van der Waals surface area contributed by atoms with E-state index >= 15 is 0 Å². The maximum absolute atomic E-state index is 3.41. The predicted molar refractivity (Wildman–Crippen MR) is 82.4 cm³/mol. The van der Waals surface area contributed by atoms with Crippen molar-refractivity contribution in [2.45, 2.75) is 45.7 Å². The van der Waals surface area contributed by atoms with Crippen molar-refractivity contribution in [3.05, 3.63) is 21.9 Å². The molecule has 1 aromatic rings. The highest BCUT2D eigenvalue weighted by Gasteiger charge is 2.29. The van der Waals surface area contributed by atoms with Gasteiger partial charge >= 0.3 is 0 Å². The van der Waals surface area contributed by atoms with E-state index in [9.17, 15) is 0 Å². The van der Waals surface area contributed by atoms with Crippen molar-refractivity contribution in [3.63, 3.8) is 0 Å². The number of nitrogens with zero attached hydrogens (tertiary/aromatic N) is 1. The number of rotatable bonds is 9. The van der Waals surface area contributed by atoms with Gasteiger partial charge in [-0.05, 0) is 56.2 Å². The Morgan fingerprint density at radius 3 is 2.32 bits per heavy atom. The predicted octanol–water partition coefficient (Wildman–Crippen LogP) is 3.48. The summed E-state index contributed by atoms with van der Waals surface area (Å²) in [5.74, 6) is 2.03. The molecule has 2 fully saturated rings. The van der Waals surface area contributed by atoms with E-state index in [-0.39, 0.29) is 0 Å². The summed E-state index contributed by atoms with van der Waals surface area (Å²) < 4.78 is 0. The molecule has 0 atom stereocenters. The summed E-state index contributed by atoms with van der Waals surface area (Å²) in [5.41, 5.74) is 0.